The molecule has 4 heteroatoms. The van der Waals surface area contributed by atoms with Gasteiger partial charge in [-0.15, -0.1) is 0 Å². The van der Waals surface area contributed by atoms with Crippen LogP contribution in [0.2, 0.25) is 0 Å². The van der Waals surface area contributed by atoms with E-state index in [1.54, 1.807) is 24.3 Å². The van der Waals surface area contributed by atoms with Crippen LogP contribution in [-0.2, 0) is 4.74 Å². The minimum Gasteiger partial charge on any atom is -0.464 e. The first-order valence-corrected chi connectivity index (χ1v) is 8.41. The number of fused-ring (bicyclic) bond motifs is 2. The number of ketones is 1. The quantitative estimate of drug-likeness (QED) is 0.412. The number of carbonyl (C=O) groups excluding carboxylic acids is 1. The Morgan fingerprint density at radius 1 is 0.885 bits per heavy atom. The Bertz CT molecular complexity index is 1220. The van der Waals surface area contributed by atoms with Gasteiger partial charge < -0.3 is 9.15 Å². The lowest BCUT2D eigenvalue weighted by molar-refractivity contribution is 0.0954. The number of Topliss-reactive ketones (excluding diaryl/α,β-unsaturated/α-hetero) is 1. The molecule has 4 aromatic rings. The van der Waals surface area contributed by atoms with Crippen LogP contribution in [0.3, 0.4) is 0 Å². The lowest BCUT2D eigenvalue weighted by Gasteiger charge is -2.02. The van der Waals surface area contributed by atoms with E-state index >= 15 is 0 Å². The van der Waals surface area contributed by atoms with Crippen molar-refractivity contribution in [2.24, 2.45) is 0 Å². The van der Waals surface area contributed by atoms with E-state index in [0.29, 0.717) is 22.1 Å². The van der Waals surface area contributed by atoms with Crippen molar-refractivity contribution in [1.29, 1.82) is 0 Å². The van der Waals surface area contributed by atoms with Crippen LogP contribution in [-0.4, -0.2) is 11.9 Å². The van der Waals surface area contributed by atoms with Crippen LogP contribution in [0.15, 0.2) is 82.2 Å². The molecular weight excluding hydrogens is 328 g/mol. The minimum atomic E-state index is -0.639. The number of hydrogen-bond acceptors (Lipinski definition) is 4. The fourth-order valence-corrected chi connectivity index (χ4v) is 3.34. The van der Waals surface area contributed by atoms with Gasteiger partial charge in [0.05, 0.1) is 10.9 Å². The third-order valence-corrected chi connectivity index (χ3v) is 4.80. The highest BCUT2D eigenvalue weighted by molar-refractivity contribution is 6.04. The van der Waals surface area contributed by atoms with Crippen molar-refractivity contribution in [2.45, 2.75) is 12.2 Å². The van der Waals surface area contributed by atoms with Crippen LogP contribution in [0, 0.1) is 0 Å². The molecule has 3 aromatic carbocycles. The number of hydrogen-bond donors (Lipinski definition) is 0. The maximum Gasteiger partial charge on any atom is 0.198 e. The summed E-state index contributed by atoms with van der Waals surface area (Å²) in [4.78, 5) is 25.4. The molecule has 0 radical (unpaired) electrons. The summed E-state index contributed by atoms with van der Waals surface area (Å²) in [5.41, 5.74) is 1.36. The molecule has 1 fully saturated rings. The number of para-hydroxylation sites is 1. The lowest BCUT2D eigenvalue weighted by Crippen LogP contribution is -2.13. The van der Waals surface area contributed by atoms with Gasteiger partial charge in [-0.3, -0.25) is 9.59 Å². The summed E-state index contributed by atoms with van der Waals surface area (Å²) >= 11 is 0. The molecule has 0 aliphatic carbocycles. The van der Waals surface area contributed by atoms with Crippen molar-refractivity contribution in [3.63, 3.8) is 0 Å². The van der Waals surface area contributed by atoms with Crippen molar-refractivity contribution in [3.8, 4) is 0 Å². The molecule has 5 rings (SSSR count). The highest BCUT2D eigenvalue weighted by atomic mass is 16.6. The maximum absolute atomic E-state index is 12.8. The predicted molar refractivity (Wildman–Crippen MR) is 98.4 cm³/mol. The molecule has 2 heterocycles. The standard InChI is InChI=1S/C22H14O4/c23-19(15-10-9-13-5-1-2-6-14(13)11-15)22-21(26-22)17-12-25-18-8-4-3-7-16(18)20(17)24/h1-12,21-22H/t21-,22-/m0/s1. The molecule has 26 heavy (non-hydrogen) atoms. The zero-order valence-electron chi connectivity index (χ0n) is 13.7. The van der Waals surface area contributed by atoms with Crippen LogP contribution in [0.1, 0.15) is 22.0 Å². The molecule has 1 aliphatic rings. The summed E-state index contributed by atoms with van der Waals surface area (Å²) in [6, 6.07) is 20.5. The number of ether oxygens (including phenoxy) is 1. The molecule has 0 amide bonds. The molecule has 1 saturated heterocycles. The number of benzene rings is 3. The van der Waals surface area contributed by atoms with E-state index in [0.717, 1.165) is 10.8 Å². The third-order valence-electron chi connectivity index (χ3n) is 4.80. The van der Waals surface area contributed by atoms with Crippen molar-refractivity contribution in [1.82, 2.24) is 0 Å². The number of epoxide rings is 1. The summed E-state index contributed by atoms with van der Waals surface area (Å²) in [6.07, 6.45) is 0.221. The first-order valence-electron chi connectivity index (χ1n) is 8.41. The second-order valence-electron chi connectivity index (χ2n) is 6.42. The van der Waals surface area contributed by atoms with Crippen molar-refractivity contribution >= 4 is 27.5 Å². The van der Waals surface area contributed by atoms with Crippen molar-refractivity contribution < 1.29 is 13.9 Å². The zero-order valence-corrected chi connectivity index (χ0v) is 13.7. The van der Waals surface area contributed by atoms with Crippen molar-refractivity contribution in [2.75, 3.05) is 0 Å². The second kappa shape index (κ2) is 5.64. The summed E-state index contributed by atoms with van der Waals surface area (Å²) in [7, 11) is 0. The molecule has 2 atom stereocenters. The van der Waals surface area contributed by atoms with Gasteiger partial charge in [0.15, 0.2) is 17.3 Å². The molecule has 0 saturated carbocycles. The van der Waals surface area contributed by atoms with Gasteiger partial charge >= 0.3 is 0 Å². The van der Waals surface area contributed by atoms with Crippen LogP contribution in [0.4, 0.5) is 0 Å². The van der Waals surface area contributed by atoms with E-state index in [1.165, 1.54) is 6.26 Å². The largest absolute Gasteiger partial charge is 0.464 e. The van der Waals surface area contributed by atoms with Crippen molar-refractivity contribution in [3.05, 3.63) is 94.3 Å². The Labute approximate surface area is 148 Å². The Morgan fingerprint density at radius 2 is 1.65 bits per heavy atom. The minimum absolute atomic E-state index is 0.117. The smallest absolute Gasteiger partial charge is 0.198 e. The first-order chi connectivity index (χ1) is 12.7. The predicted octanol–water partition coefficient (Wildman–Crippen LogP) is 4.27. The first kappa shape index (κ1) is 15.0. The molecule has 1 aromatic heterocycles. The van der Waals surface area contributed by atoms with Gasteiger partial charge in [-0.05, 0) is 29.0 Å². The van der Waals surface area contributed by atoms with Gasteiger partial charge in [0.1, 0.15) is 18.0 Å². The molecule has 0 unspecified atom stereocenters. The highest BCUT2D eigenvalue weighted by Gasteiger charge is 2.48. The lowest BCUT2D eigenvalue weighted by atomic mass is 10.00. The van der Waals surface area contributed by atoms with Gasteiger partial charge in [0.25, 0.3) is 0 Å². The topological polar surface area (TPSA) is 59.8 Å². The molecule has 126 valence electrons. The van der Waals surface area contributed by atoms with Crippen LogP contribution >= 0.6 is 0 Å². The molecule has 1 aliphatic heterocycles. The summed E-state index contributed by atoms with van der Waals surface area (Å²) in [6.45, 7) is 0. The van der Waals surface area contributed by atoms with Crippen LogP contribution in [0.5, 0.6) is 0 Å². The van der Waals surface area contributed by atoms with E-state index in [4.69, 9.17) is 9.15 Å². The molecule has 0 bridgehead atoms. The maximum atomic E-state index is 12.8. The Hall–Kier alpha value is -3.24. The Morgan fingerprint density at radius 3 is 2.54 bits per heavy atom. The summed E-state index contributed by atoms with van der Waals surface area (Å²) < 4.78 is 11.1. The van der Waals surface area contributed by atoms with Gasteiger partial charge in [-0.1, -0.05) is 48.5 Å². The summed E-state index contributed by atoms with van der Waals surface area (Å²) in [5.74, 6) is -0.117. The normalized spacial score (nSPS) is 18.9. The molecular formula is C22H14O4. The fraction of sp³-hybridized carbons (Fsp3) is 0.0909. The fourth-order valence-electron chi connectivity index (χ4n) is 3.34. The summed E-state index contributed by atoms with van der Waals surface area (Å²) in [5, 5.41) is 2.57. The molecule has 0 spiro atoms. The molecule has 0 N–H and O–H groups in total. The monoisotopic (exact) mass is 342 g/mol. The van der Waals surface area contributed by atoms with Crippen LogP contribution in [0.25, 0.3) is 21.7 Å². The van der Waals surface area contributed by atoms with E-state index < -0.39 is 12.2 Å². The Balaban J connectivity index is 1.47. The van der Waals surface area contributed by atoms with Gasteiger partial charge in [-0.25, -0.2) is 0 Å². The number of rotatable bonds is 3. The van der Waals surface area contributed by atoms with E-state index in [2.05, 4.69) is 0 Å². The highest BCUT2D eigenvalue weighted by Crippen LogP contribution is 2.40. The van der Waals surface area contributed by atoms with Gasteiger partial charge in [0, 0.05) is 5.56 Å². The van der Waals surface area contributed by atoms with Gasteiger partial charge in [0.2, 0.25) is 0 Å². The van der Waals surface area contributed by atoms with E-state index in [1.807, 2.05) is 42.5 Å². The average molecular weight is 342 g/mol. The van der Waals surface area contributed by atoms with E-state index in [9.17, 15) is 9.59 Å². The Kier molecular flexibility index (Phi) is 3.27. The van der Waals surface area contributed by atoms with E-state index in [-0.39, 0.29) is 11.2 Å². The van der Waals surface area contributed by atoms with Gasteiger partial charge in [-0.2, -0.15) is 0 Å². The van der Waals surface area contributed by atoms with Crippen LogP contribution < -0.4 is 5.43 Å². The third kappa shape index (κ3) is 2.35. The molecule has 4 nitrogen and oxygen atoms in total. The average Bonchev–Trinajstić information content (AvgIpc) is 3.48. The SMILES string of the molecule is O=C(c1ccc2ccccc2c1)[C@@H]1O[C@H]1c1coc2ccccc2c1=O. The zero-order chi connectivity index (χ0) is 17.7. The number of carbonyl (C=O) groups is 1. The second-order valence-corrected chi connectivity index (χ2v) is 6.42.